The standard InChI is InChI=1S/C16H20N2O3/c1-10-5-6-12(8-11(10)2)14-4-3-7-17(14)16(19)13-9-15(13)18(20)21/h5-6,8,13-15H,3-4,7,9H2,1-2H3. The Hall–Kier alpha value is -1.91. The topological polar surface area (TPSA) is 63.5 Å². The van der Waals surface area contributed by atoms with Crippen LogP contribution in [0.2, 0.25) is 0 Å². The van der Waals surface area contributed by atoms with Crippen LogP contribution in [0.25, 0.3) is 0 Å². The summed E-state index contributed by atoms with van der Waals surface area (Å²) >= 11 is 0. The number of rotatable bonds is 3. The van der Waals surface area contributed by atoms with E-state index in [-0.39, 0.29) is 16.9 Å². The van der Waals surface area contributed by atoms with Gasteiger partial charge in [0.2, 0.25) is 11.9 Å². The Labute approximate surface area is 124 Å². The quantitative estimate of drug-likeness (QED) is 0.634. The second-order valence-corrected chi connectivity index (χ2v) is 6.23. The molecule has 0 radical (unpaired) electrons. The van der Waals surface area contributed by atoms with Crippen LogP contribution in [-0.4, -0.2) is 28.3 Å². The van der Waals surface area contributed by atoms with Crippen LogP contribution in [-0.2, 0) is 4.79 Å². The number of aryl methyl sites for hydroxylation is 2. The molecule has 1 aromatic carbocycles. The molecular formula is C16H20N2O3. The maximum atomic E-state index is 12.5. The highest BCUT2D eigenvalue weighted by Gasteiger charge is 2.55. The van der Waals surface area contributed by atoms with Crippen molar-refractivity contribution in [2.45, 2.75) is 45.2 Å². The summed E-state index contributed by atoms with van der Waals surface area (Å²) in [5.41, 5.74) is 3.62. The van der Waals surface area contributed by atoms with E-state index in [9.17, 15) is 14.9 Å². The van der Waals surface area contributed by atoms with Crippen LogP contribution in [0.15, 0.2) is 18.2 Å². The third-order valence-corrected chi connectivity index (χ3v) is 4.80. The van der Waals surface area contributed by atoms with E-state index in [1.54, 1.807) is 0 Å². The van der Waals surface area contributed by atoms with Crippen LogP contribution < -0.4 is 0 Å². The molecule has 112 valence electrons. The zero-order valence-corrected chi connectivity index (χ0v) is 12.4. The predicted octanol–water partition coefficient (Wildman–Crippen LogP) is 2.63. The molecule has 3 rings (SSSR count). The molecule has 21 heavy (non-hydrogen) atoms. The molecule has 0 bridgehead atoms. The van der Waals surface area contributed by atoms with Gasteiger partial charge in [-0.1, -0.05) is 18.2 Å². The molecule has 0 spiro atoms. The first-order valence-corrected chi connectivity index (χ1v) is 7.50. The van der Waals surface area contributed by atoms with Gasteiger partial charge in [-0.25, -0.2) is 0 Å². The van der Waals surface area contributed by atoms with Crippen molar-refractivity contribution in [2.75, 3.05) is 6.54 Å². The number of hydrogen-bond acceptors (Lipinski definition) is 3. The molecule has 2 aliphatic rings. The SMILES string of the molecule is Cc1ccc(C2CCCN2C(=O)C2CC2[N+](=O)[O-])cc1C. The summed E-state index contributed by atoms with van der Waals surface area (Å²) in [7, 11) is 0. The number of hydrogen-bond donors (Lipinski definition) is 0. The molecule has 1 aromatic rings. The maximum absolute atomic E-state index is 12.5. The van der Waals surface area contributed by atoms with Crippen molar-refractivity contribution < 1.29 is 9.72 Å². The average Bonchev–Trinajstić information content (AvgIpc) is 3.11. The molecular weight excluding hydrogens is 268 g/mol. The molecule has 1 saturated carbocycles. The van der Waals surface area contributed by atoms with Crippen LogP contribution in [0.5, 0.6) is 0 Å². The molecule has 2 fully saturated rings. The van der Waals surface area contributed by atoms with Gasteiger partial charge >= 0.3 is 0 Å². The third kappa shape index (κ3) is 2.52. The van der Waals surface area contributed by atoms with E-state index in [2.05, 4.69) is 32.0 Å². The predicted molar refractivity (Wildman–Crippen MR) is 78.5 cm³/mol. The summed E-state index contributed by atoms with van der Waals surface area (Å²) in [6.45, 7) is 4.86. The van der Waals surface area contributed by atoms with Gasteiger partial charge in [-0.3, -0.25) is 14.9 Å². The van der Waals surface area contributed by atoms with Gasteiger partial charge in [0.15, 0.2) is 0 Å². The molecule has 1 aliphatic carbocycles. The number of nitrogens with zero attached hydrogens (tertiary/aromatic N) is 2. The summed E-state index contributed by atoms with van der Waals surface area (Å²) in [6.07, 6.45) is 2.32. The smallest absolute Gasteiger partial charge is 0.233 e. The van der Waals surface area contributed by atoms with E-state index in [1.165, 1.54) is 11.1 Å². The largest absolute Gasteiger partial charge is 0.335 e. The van der Waals surface area contributed by atoms with E-state index in [0.717, 1.165) is 24.9 Å². The van der Waals surface area contributed by atoms with Gasteiger partial charge in [0.05, 0.1) is 6.04 Å². The fourth-order valence-corrected chi connectivity index (χ4v) is 3.24. The number of likely N-dealkylation sites (tertiary alicyclic amines) is 1. The lowest BCUT2D eigenvalue weighted by Gasteiger charge is -2.25. The van der Waals surface area contributed by atoms with Crippen LogP contribution in [0.3, 0.4) is 0 Å². The first kappa shape index (κ1) is 14.0. The minimum Gasteiger partial charge on any atom is -0.335 e. The molecule has 1 amide bonds. The lowest BCUT2D eigenvalue weighted by Crippen LogP contribution is -2.33. The first-order valence-electron chi connectivity index (χ1n) is 7.50. The third-order valence-electron chi connectivity index (χ3n) is 4.80. The number of amides is 1. The highest BCUT2D eigenvalue weighted by molar-refractivity contribution is 5.82. The average molecular weight is 288 g/mol. The van der Waals surface area contributed by atoms with E-state index in [0.29, 0.717) is 6.42 Å². The normalized spacial score (nSPS) is 27.7. The Bertz CT molecular complexity index is 599. The van der Waals surface area contributed by atoms with Crippen molar-refractivity contribution in [1.82, 2.24) is 4.90 Å². The highest BCUT2D eigenvalue weighted by atomic mass is 16.6. The minimum absolute atomic E-state index is 0.0302. The summed E-state index contributed by atoms with van der Waals surface area (Å²) in [4.78, 5) is 24.8. The van der Waals surface area contributed by atoms with E-state index in [4.69, 9.17) is 0 Å². The second kappa shape index (κ2) is 5.13. The second-order valence-electron chi connectivity index (χ2n) is 6.23. The van der Waals surface area contributed by atoms with Gasteiger partial charge in [0.1, 0.15) is 5.92 Å². The van der Waals surface area contributed by atoms with Crippen LogP contribution in [0.4, 0.5) is 0 Å². The van der Waals surface area contributed by atoms with E-state index < -0.39 is 12.0 Å². The van der Waals surface area contributed by atoms with Crippen molar-refractivity contribution in [2.24, 2.45) is 5.92 Å². The van der Waals surface area contributed by atoms with Gasteiger partial charge in [-0.05, 0) is 43.4 Å². The maximum Gasteiger partial charge on any atom is 0.233 e. The zero-order valence-electron chi connectivity index (χ0n) is 12.4. The van der Waals surface area contributed by atoms with E-state index in [1.807, 2.05) is 4.90 Å². The number of nitro groups is 1. The Balaban J connectivity index is 1.78. The van der Waals surface area contributed by atoms with Crippen LogP contribution in [0, 0.1) is 29.9 Å². The van der Waals surface area contributed by atoms with Crippen LogP contribution >= 0.6 is 0 Å². The zero-order chi connectivity index (χ0) is 15.1. The fourth-order valence-electron chi connectivity index (χ4n) is 3.24. The monoisotopic (exact) mass is 288 g/mol. The minimum atomic E-state index is -0.654. The van der Waals surface area contributed by atoms with Gasteiger partial charge in [0, 0.05) is 17.9 Å². The molecule has 0 N–H and O–H groups in total. The summed E-state index contributed by atoms with van der Waals surface area (Å²) in [6, 6.07) is 5.74. The van der Waals surface area contributed by atoms with Crippen molar-refractivity contribution in [3.63, 3.8) is 0 Å². The Kier molecular flexibility index (Phi) is 3.43. The molecule has 3 unspecified atom stereocenters. The van der Waals surface area contributed by atoms with Crippen molar-refractivity contribution in [1.29, 1.82) is 0 Å². The summed E-state index contributed by atoms with van der Waals surface area (Å²) in [5, 5.41) is 10.8. The van der Waals surface area contributed by atoms with Gasteiger partial charge in [0.25, 0.3) is 0 Å². The van der Waals surface area contributed by atoms with Crippen LogP contribution in [0.1, 0.15) is 42.0 Å². The number of benzene rings is 1. The Morgan fingerprint density at radius 2 is 2.10 bits per heavy atom. The lowest BCUT2D eigenvalue weighted by atomic mass is 9.99. The number of carbonyl (C=O) groups excluding carboxylic acids is 1. The van der Waals surface area contributed by atoms with Crippen molar-refractivity contribution in [3.8, 4) is 0 Å². The van der Waals surface area contributed by atoms with Gasteiger partial charge < -0.3 is 4.90 Å². The van der Waals surface area contributed by atoms with Gasteiger partial charge in [-0.15, -0.1) is 0 Å². The molecule has 0 aromatic heterocycles. The molecule has 1 saturated heterocycles. The Morgan fingerprint density at radius 3 is 2.71 bits per heavy atom. The molecule has 1 heterocycles. The fraction of sp³-hybridized carbons (Fsp3) is 0.562. The van der Waals surface area contributed by atoms with Gasteiger partial charge in [-0.2, -0.15) is 0 Å². The molecule has 3 atom stereocenters. The van der Waals surface area contributed by atoms with Crippen molar-refractivity contribution >= 4 is 5.91 Å². The number of carbonyl (C=O) groups is 1. The molecule has 1 aliphatic heterocycles. The molecule has 5 nitrogen and oxygen atoms in total. The summed E-state index contributed by atoms with van der Waals surface area (Å²) < 4.78 is 0. The Morgan fingerprint density at radius 1 is 1.33 bits per heavy atom. The lowest BCUT2D eigenvalue weighted by molar-refractivity contribution is -0.497. The highest BCUT2D eigenvalue weighted by Crippen LogP contribution is 2.40. The first-order chi connectivity index (χ1) is 9.99. The van der Waals surface area contributed by atoms with Crippen molar-refractivity contribution in [3.05, 3.63) is 45.0 Å². The van der Waals surface area contributed by atoms with E-state index >= 15 is 0 Å². The summed E-state index contributed by atoms with van der Waals surface area (Å²) in [5.74, 6) is -0.426. The molecule has 5 heteroatoms.